The number of hydrogen-bond donors (Lipinski definition) is 3. The van der Waals surface area contributed by atoms with E-state index >= 15 is 0 Å². The third-order valence-corrected chi connectivity index (χ3v) is 5.28. The van der Waals surface area contributed by atoms with E-state index in [2.05, 4.69) is 46.3 Å². The van der Waals surface area contributed by atoms with Crippen LogP contribution >= 0.6 is 0 Å². The topological polar surface area (TPSA) is 122 Å². The molecule has 0 spiro atoms. The van der Waals surface area contributed by atoms with Gasteiger partial charge in [0.05, 0.1) is 18.5 Å². The van der Waals surface area contributed by atoms with Gasteiger partial charge in [-0.1, -0.05) is 0 Å². The highest BCUT2D eigenvalue weighted by Crippen LogP contribution is 2.25. The number of hydrogen-bond acceptors (Lipinski definition) is 10. The van der Waals surface area contributed by atoms with Crippen LogP contribution in [0.25, 0.3) is 0 Å². The van der Waals surface area contributed by atoms with Gasteiger partial charge >= 0.3 is 0 Å². The van der Waals surface area contributed by atoms with Crippen molar-refractivity contribution in [1.29, 1.82) is 0 Å². The molecule has 3 aromatic heterocycles. The van der Waals surface area contributed by atoms with Crippen molar-refractivity contribution in [1.82, 2.24) is 19.9 Å². The number of ether oxygens (including phenoxy) is 1. The van der Waals surface area contributed by atoms with Crippen LogP contribution in [-0.2, 0) is 0 Å². The summed E-state index contributed by atoms with van der Waals surface area (Å²) in [7, 11) is 1.64. The molecule has 0 unspecified atom stereocenters. The van der Waals surface area contributed by atoms with Gasteiger partial charge in [0.25, 0.3) is 0 Å². The Hall–Kier alpha value is -4.86. The molecule has 182 valence electrons. The van der Waals surface area contributed by atoms with Crippen molar-refractivity contribution in [3.05, 3.63) is 90.0 Å². The maximum absolute atomic E-state index is 5.30. The van der Waals surface area contributed by atoms with Gasteiger partial charge in [-0.3, -0.25) is 20.8 Å². The summed E-state index contributed by atoms with van der Waals surface area (Å²) in [6.45, 7) is 5.80. The zero-order valence-corrected chi connectivity index (χ0v) is 20.5. The molecule has 0 aliphatic rings. The van der Waals surface area contributed by atoms with Gasteiger partial charge in [-0.15, -0.1) is 0 Å². The lowest BCUT2D eigenvalue weighted by atomic mass is 10.2. The fourth-order valence-corrected chi connectivity index (χ4v) is 3.24. The molecule has 0 atom stereocenters. The first kappa shape index (κ1) is 24.3. The first-order valence-corrected chi connectivity index (χ1v) is 11.2. The van der Waals surface area contributed by atoms with Gasteiger partial charge in [-0.05, 0) is 68.8 Å². The lowest BCUT2D eigenvalue weighted by Gasteiger charge is -2.12. The maximum Gasteiger partial charge on any atom is 0.231 e. The summed E-state index contributed by atoms with van der Waals surface area (Å²) in [6.07, 6.45) is 6.90. The molecule has 0 aliphatic heterocycles. The van der Waals surface area contributed by atoms with Crippen molar-refractivity contribution >= 4 is 34.7 Å². The normalized spacial score (nSPS) is 11.7. The predicted octanol–water partition coefficient (Wildman–Crippen LogP) is 5.00. The average molecular weight is 482 g/mol. The smallest absolute Gasteiger partial charge is 0.231 e. The van der Waals surface area contributed by atoms with E-state index in [1.54, 1.807) is 38.0 Å². The van der Waals surface area contributed by atoms with Gasteiger partial charge in [0.1, 0.15) is 5.75 Å². The fraction of sp³-hybridized carbons (Fsp3) is 0.154. The molecule has 0 fully saturated rings. The van der Waals surface area contributed by atoms with E-state index in [1.165, 1.54) is 0 Å². The second kappa shape index (κ2) is 11.5. The van der Waals surface area contributed by atoms with Gasteiger partial charge in [0.15, 0.2) is 11.6 Å². The molecule has 10 heteroatoms. The number of aromatic nitrogens is 4. The quantitative estimate of drug-likeness (QED) is 0.226. The summed E-state index contributed by atoms with van der Waals surface area (Å²) in [5, 5.41) is 12.2. The Morgan fingerprint density at radius 3 is 1.75 bits per heavy atom. The largest absolute Gasteiger partial charge is 0.497 e. The van der Waals surface area contributed by atoms with E-state index in [1.807, 2.05) is 63.2 Å². The van der Waals surface area contributed by atoms with Crippen LogP contribution in [0, 0.1) is 6.92 Å². The Labute approximate surface area is 209 Å². The van der Waals surface area contributed by atoms with Crippen LogP contribution in [0.2, 0.25) is 0 Å². The van der Waals surface area contributed by atoms with Crippen molar-refractivity contribution in [3.8, 4) is 5.75 Å². The van der Waals surface area contributed by atoms with Crippen LogP contribution in [0.3, 0.4) is 0 Å². The lowest BCUT2D eigenvalue weighted by Crippen LogP contribution is -2.07. The monoisotopic (exact) mass is 481 g/mol. The van der Waals surface area contributed by atoms with Crippen molar-refractivity contribution < 1.29 is 4.74 Å². The lowest BCUT2D eigenvalue weighted by molar-refractivity contribution is 0.414. The Bertz CT molecular complexity index is 1300. The van der Waals surface area contributed by atoms with Crippen molar-refractivity contribution in [2.75, 3.05) is 23.3 Å². The zero-order valence-electron chi connectivity index (χ0n) is 20.5. The van der Waals surface area contributed by atoms with E-state index in [0.29, 0.717) is 17.6 Å². The highest BCUT2D eigenvalue weighted by atomic mass is 16.5. The molecule has 3 N–H and O–H groups in total. The minimum absolute atomic E-state index is 0.379. The first-order chi connectivity index (χ1) is 17.5. The highest BCUT2D eigenvalue weighted by Gasteiger charge is 2.08. The molecule has 1 aromatic carbocycles. The molecule has 10 nitrogen and oxygen atoms in total. The minimum atomic E-state index is 0.379. The second-order valence-electron chi connectivity index (χ2n) is 7.86. The molecule has 0 radical (unpaired) electrons. The van der Waals surface area contributed by atoms with Gasteiger partial charge in [0, 0.05) is 47.7 Å². The molecular formula is C26H27N9O. The standard InChI is InChI=1S/C26H27N9O/c1-17-15-22(36-4)5-6-23(17)29-26-30-24(34-32-18(2)20-7-11-27-12-8-20)16-25(31-26)35-33-19(3)21-9-13-28-14-10-21/h5-16H,1-4H3,(H3,29,30,31,34,35). The highest BCUT2D eigenvalue weighted by molar-refractivity contribution is 5.99. The Kier molecular flexibility index (Phi) is 7.76. The summed E-state index contributed by atoms with van der Waals surface area (Å²) >= 11 is 0. The summed E-state index contributed by atoms with van der Waals surface area (Å²) < 4.78 is 5.30. The molecule has 0 saturated heterocycles. The average Bonchev–Trinajstić information content (AvgIpc) is 2.92. The van der Waals surface area contributed by atoms with Crippen molar-refractivity contribution in [2.45, 2.75) is 20.8 Å². The Morgan fingerprint density at radius 1 is 0.750 bits per heavy atom. The van der Waals surface area contributed by atoms with E-state index in [-0.39, 0.29) is 0 Å². The maximum atomic E-state index is 5.30. The van der Waals surface area contributed by atoms with Crippen molar-refractivity contribution in [2.24, 2.45) is 10.2 Å². The SMILES string of the molecule is COc1ccc(Nc2nc(NN=C(C)c3ccncc3)cc(NN=C(C)c3ccncc3)n2)c(C)c1. The van der Waals surface area contributed by atoms with Gasteiger partial charge in [-0.2, -0.15) is 20.2 Å². The first-order valence-electron chi connectivity index (χ1n) is 11.2. The molecule has 4 rings (SSSR count). The predicted molar refractivity (Wildman–Crippen MR) is 143 cm³/mol. The van der Waals surface area contributed by atoms with E-state index < -0.39 is 0 Å². The zero-order chi connectivity index (χ0) is 25.3. The number of aryl methyl sites for hydroxylation is 1. The van der Waals surface area contributed by atoms with E-state index in [9.17, 15) is 0 Å². The number of rotatable bonds is 9. The summed E-state index contributed by atoms with van der Waals surface area (Å²) in [6, 6.07) is 15.0. The van der Waals surface area contributed by atoms with Crippen LogP contribution in [0.5, 0.6) is 5.75 Å². The van der Waals surface area contributed by atoms with Crippen molar-refractivity contribution in [3.63, 3.8) is 0 Å². The number of pyridine rings is 2. The third kappa shape index (κ3) is 6.38. The number of methoxy groups -OCH3 is 1. The summed E-state index contributed by atoms with van der Waals surface area (Å²) in [4.78, 5) is 17.3. The van der Waals surface area contributed by atoms with E-state index in [0.717, 1.165) is 39.6 Å². The molecule has 4 aromatic rings. The second-order valence-corrected chi connectivity index (χ2v) is 7.86. The Morgan fingerprint density at radius 2 is 1.28 bits per heavy atom. The molecular weight excluding hydrogens is 454 g/mol. The van der Waals surface area contributed by atoms with E-state index in [4.69, 9.17) is 4.74 Å². The van der Waals surface area contributed by atoms with Gasteiger partial charge < -0.3 is 10.1 Å². The van der Waals surface area contributed by atoms with Gasteiger partial charge in [-0.25, -0.2) is 0 Å². The van der Waals surface area contributed by atoms with Crippen LogP contribution in [0.15, 0.2) is 83.5 Å². The number of nitrogens with one attached hydrogen (secondary N) is 3. The van der Waals surface area contributed by atoms with Crippen LogP contribution < -0.4 is 20.9 Å². The molecule has 36 heavy (non-hydrogen) atoms. The van der Waals surface area contributed by atoms with Crippen LogP contribution in [0.1, 0.15) is 30.5 Å². The third-order valence-electron chi connectivity index (χ3n) is 5.28. The minimum Gasteiger partial charge on any atom is -0.497 e. The van der Waals surface area contributed by atoms with Gasteiger partial charge in [0.2, 0.25) is 5.95 Å². The number of benzene rings is 1. The molecule has 3 heterocycles. The molecule has 0 aliphatic carbocycles. The fourth-order valence-electron chi connectivity index (χ4n) is 3.24. The molecule has 0 bridgehead atoms. The molecule has 0 saturated carbocycles. The number of nitrogens with zero attached hydrogens (tertiary/aromatic N) is 6. The molecule has 0 amide bonds. The Balaban J connectivity index is 1.62. The summed E-state index contributed by atoms with van der Waals surface area (Å²) in [5.41, 5.74) is 11.4. The number of hydrazone groups is 2. The van der Waals surface area contributed by atoms with Crippen LogP contribution in [-0.4, -0.2) is 38.5 Å². The number of anilines is 4. The summed E-state index contributed by atoms with van der Waals surface area (Å²) in [5.74, 6) is 2.14. The van der Waals surface area contributed by atoms with Crippen LogP contribution in [0.4, 0.5) is 23.3 Å².